The molecule has 1 aliphatic rings. The first-order valence-electron chi connectivity index (χ1n) is 8.65. The molecule has 2 aromatic carbocycles. The number of benzene rings is 2. The Morgan fingerprint density at radius 2 is 1.96 bits per heavy atom. The average molecular weight is 371 g/mol. The van der Waals surface area contributed by atoms with Crippen LogP contribution in [0.3, 0.4) is 0 Å². The fourth-order valence-corrected chi connectivity index (χ4v) is 3.26. The molecule has 0 bridgehead atoms. The molecule has 1 aromatic heterocycles. The molecule has 0 saturated heterocycles. The van der Waals surface area contributed by atoms with Gasteiger partial charge in [0, 0.05) is 17.1 Å². The van der Waals surface area contributed by atoms with E-state index in [2.05, 4.69) is 10.2 Å². The van der Waals surface area contributed by atoms with Gasteiger partial charge in [-0.15, -0.1) is 0 Å². The third-order valence-electron chi connectivity index (χ3n) is 4.52. The minimum atomic E-state index is -0.0664. The molecule has 6 nitrogen and oxygen atoms in total. The molecule has 0 aliphatic carbocycles. The zero-order chi connectivity index (χ0) is 18.1. The molecule has 7 heteroatoms. The molecule has 1 aliphatic heterocycles. The van der Waals surface area contributed by atoms with Crippen molar-refractivity contribution in [1.82, 2.24) is 19.9 Å². The van der Waals surface area contributed by atoms with Gasteiger partial charge in [-0.2, -0.15) is 15.0 Å². The molecule has 2 heterocycles. The van der Waals surface area contributed by atoms with Crippen molar-refractivity contribution in [2.75, 3.05) is 6.54 Å². The van der Waals surface area contributed by atoms with Crippen LogP contribution in [0, 0.1) is 0 Å². The summed E-state index contributed by atoms with van der Waals surface area (Å²) in [5, 5.41) is 9.38. The molecule has 0 N–H and O–H groups in total. The van der Waals surface area contributed by atoms with E-state index >= 15 is 0 Å². The van der Waals surface area contributed by atoms with Crippen LogP contribution < -0.4 is 4.74 Å². The monoisotopic (exact) mass is 370 g/mol. The number of aromatic nitrogens is 3. The average Bonchev–Trinajstić information content (AvgIpc) is 2.94. The van der Waals surface area contributed by atoms with Gasteiger partial charge in [-0.05, 0) is 30.7 Å². The zero-order valence-corrected chi connectivity index (χ0v) is 15.2. The molecular formula is C19H19ClN4O2. The van der Waals surface area contributed by atoms with Crippen molar-refractivity contribution in [3.8, 4) is 5.75 Å². The maximum absolute atomic E-state index is 12.9. The van der Waals surface area contributed by atoms with Gasteiger partial charge in [-0.25, -0.2) is 0 Å². The molecule has 0 radical (unpaired) electrons. The largest absolute Gasteiger partial charge is 0.488 e. The quantitative estimate of drug-likeness (QED) is 0.709. The van der Waals surface area contributed by atoms with Gasteiger partial charge >= 0.3 is 0 Å². The van der Waals surface area contributed by atoms with Crippen molar-refractivity contribution < 1.29 is 9.53 Å². The number of ether oxygens (including phenoxy) is 1. The minimum absolute atomic E-state index is 0.0323. The number of rotatable bonds is 3. The fraction of sp³-hybridized carbons (Fsp3) is 0.316. The van der Waals surface area contributed by atoms with Crippen LogP contribution in [0.1, 0.15) is 18.9 Å². The smallest absolute Gasteiger partial charge is 0.246 e. The Hall–Kier alpha value is -2.60. The summed E-state index contributed by atoms with van der Waals surface area (Å²) < 4.78 is 6.05. The van der Waals surface area contributed by atoms with Gasteiger partial charge in [0.25, 0.3) is 0 Å². The van der Waals surface area contributed by atoms with Crippen LogP contribution in [0.2, 0.25) is 5.02 Å². The summed E-state index contributed by atoms with van der Waals surface area (Å²) in [5.41, 5.74) is 2.52. The van der Waals surface area contributed by atoms with E-state index in [9.17, 15) is 4.79 Å². The lowest BCUT2D eigenvalue weighted by Gasteiger charge is -2.23. The van der Waals surface area contributed by atoms with Gasteiger partial charge < -0.3 is 9.64 Å². The minimum Gasteiger partial charge on any atom is -0.488 e. The Bertz CT molecular complexity index is 923. The lowest BCUT2D eigenvalue weighted by Crippen LogP contribution is -2.39. The topological polar surface area (TPSA) is 60.2 Å². The summed E-state index contributed by atoms with van der Waals surface area (Å²) >= 11 is 6.09. The van der Waals surface area contributed by atoms with Gasteiger partial charge in [-0.3, -0.25) is 4.79 Å². The summed E-state index contributed by atoms with van der Waals surface area (Å²) in [4.78, 5) is 16.1. The molecule has 0 saturated carbocycles. The maximum atomic E-state index is 12.9. The van der Waals surface area contributed by atoms with Crippen LogP contribution in [0.5, 0.6) is 5.75 Å². The van der Waals surface area contributed by atoms with Crippen molar-refractivity contribution in [3.63, 3.8) is 0 Å². The van der Waals surface area contributed by atoms with E-state index in [1.807, 2.05) is 54.3 Å². The molecule has 1 atom stereocenters. The number of carbonyl (C=O) groups excluding carboxylic acids is 1. The van der Waals surface area contributed by atoms with E-state index in [4.69, 9.17) is 16.3 Å². The Balaban J connectivity index is 1.57. The van der Waals surface area contributed by atoms with E-state index in [0.717, 1.165) is 28.8 Å². The molecule has 0 spiro atoms. The van der Waals surface area contributed by atoms with Gasteiger partial charge in [0.15, 0.2) is 0 Å². The van der Waals surface area contributed by atoms with E-state index in [0.29, 0.717) is 18.1 Å². The fourth-order valence-electron chi connectivity index (χ4n) is 3.10. The van der Waals surface area contributed by atoms with Crippen LogP contribution in [-0.4, -0.2) is 38.4 Å². The first kappa shape index (κ1) is 16.8. The first-order valence-corrected chi connectivity index (χ1v) is 9.03. The third-order valence-corrected chi connectivity index (χ3v) is 4.76. The van der Waals surface area contributed by atoms with Gasteiger partial charge in [0.05, 0.1) is 6.54 Å². The Kier molecular flexibility index (Phi) is 4.51. The molecule has 1 unspecified atom stereocenters. The van der Waals surface area contributed by atoms with Crippen molar-refractivity contribution >= 4 is 28.5 Å². The Morgan fingerprint density at radius 1 is 1.23 bits per heavy atom. The highest BCUT2D eigenvalue weighted by Gasteiger charge is 2.26. The second-order valence-corrected chi connectivity index (χ2v) is 6.83. The van der Waals surface area contributed by atoms with Gasteiger partial charge in [-0.1, -0.05) is 36.7 Å². The van der Waals surface area contributed by atoms with E-state index < -0.39 is 0 Å². The number of fused-ring (bicyclic) bond motifs is 2. The van der Waals surface area contributed by atoms with Gasteiger partial charge in [0.1, 0.15) is 29.4 Å². The standard InChI is InChI=1S/C19H19ClN4O2/c1-2-15-11-23(10-13-7-8-14(20)9-18(13)26-15)19(25)12-24-21-16-5-3-4-6-17(16)22-24/h3-9,15H,2,10-12H2,1H3. The number of hydrogen-bond acceptors (Lipinski definition) is 4. The number of amides is 1. The van der Waals surface area contributed by atoms with Crippen LogP contribution >= 0.6 is 11.6 Å². The second-order valence-electron chi connectivity index (χ2n) is 6.39. The summed E-state index contributed by atoms with van der Waals surface area (Å²) in [5.74, 6) is 0.720. The normalized spacial score (nSPS) is 16.8. The summed E-state index contributed by atoms with van der Waals surface area (Å²) in [6.45, 7) is 3.17. The van der Waals surface area contributed by atoms with E-state index in [-0.39, 0.29) is 18.6 Å². The van der Waals surface area contributed by atoms with Crippen molar-refractivity contribution in [3.05, 3.63) is 53.1 Å². The van der Waals surface area contributed by atoms with Crippen molar-refractivity contribution in [2.24, 2.45) is 0 Å². The molecule has 1 amide bonds. The molecule has 26 heavy (non-hydrogen) atoms. The highest BCUT2D eigenvalue weighted by atomic mass is 35.5. The van der Waals surface area contributed by atoms with Gasteiger partial charge in [0.2, 0.25) is 5.91 Å². The predicted molar refractivity (Wildman–Crippen MR) is 99.1 cm³/mol. The number of hydrogen-bond donors (Lipinski definition) is 0. The summed E-state index contributed by atoms with van der Waals surface area (Å²) in [7, 11) is 0. The number of halogens is 1. The highest BCUT2D eigenvalue weighted by molar-refractivity contribution is 6.30. The zero-order valence-electron chi connectivity index (χ0n) is 14.4. The van der Waals surface area contributed by atoms with Crippen LogP contribution in [0.15, 0.2) is 42.5 Å². The third kappa shape index (κ3) is 3.37. The summed E-state index contributed by atoms with van der Waals surface area (Å²) in [6.07, 6.45) is 0.739. The highest BCUT2D eigenvalue weighted by Crippen LogP contribution is 2.29. The summed E-state index contributed by atoms with van der Waals surface area (Å²) in [6, 6.07) is 13.1. The Morgan fingerprint density at radius 3 is 2.65 bits per heavy atom. The second kappa shape index (κ2) is 6.96. The first-order chi connectivity index (χ1) is 12.6. The lowest BCUT2D eigenvalue weighted by atomic mass is 10.2. The van der Waals surface area contributed by atoms with Crippen LogP contribution in [0.25, 0.3) is 11.0 Å². The molecule has 4 rings (SSSR count). The van der Waals surface area contributed by atoms with Crippen LogP contribution in [0.4, 0.5) is 0 Å². The lowest BCUT2D eigenvalue weighted by molar-refractivity contribution is -0.133. The van der Waals surface area contributed by atoms with Crippen molar-refractivity contribution in [2.45, 2.75) is 32.5 Å². The molecule has 3 aromatic rings. The van der Waals surface area contributed by atoms with Crippen molar-refractivity contribution in [1.29, 1.82) is 0 Å². The van der Waals surface area contributed by atoms with E-state index in [1.54, 1.807) is 0 Å². The van der Waals surface area contributed by atoms with E-state index in [1.165, 1.54) is 4.80 Å². The SMILES string of the molecule is CCC1CN(C(=O)Cn2nc3ccccc3n2)Cc2ccc(Cl)cc2O1. The van der Waals surface area contributed by atoms with Crippen LogP contribution in [-0.2, 0) is 17.9 Å². The molecule has 134 valence electrons. The molecular weight excluding hydrogens is 352 g/mol. The predicted octanol–water partition coefficient (Wildman–Crippen LogP) is 3.28. The number of carbonyl (C=O) groups is 1. The number of nitrogens with zero attached hydrogens (tertiary/aromatic N) is 4. The maximum Gasteiger partial charge on any atom is 0.246 e. The molecule has 0 fully saturated rings. The Labute approximate surface area is 156 Å².